The lowest BCUT2D eigenvalue weighted by atomic mass is 10.2. The van der Waals surface area contributed by atoms with E-state index in [0.717, 1.165) is 5.56 Å². The van der Waals surface area contributed by atoms with E-state index >= 15 is 0 Å². The summed E-state index contributed by atoms with van der Waals surface area (Å²) < 4.78 is 10.5. The topological polar surface area (TPSA) is 59.9 Å². The van der Waals surface area contributed by atoms with E-state index in [4.69, 9.17) is 21.1 Å². The van der Waals surface area contributed by atoms with E-state index in [1.807, 2.05) is 24.3 Å². The Morgan fingerprint density at radius 2 is 1.80 bits per heavy atom. The van der Waals surface area contributed by atoms with Crippen LogP contribution in [-0.4, -0.2) is 25.3 Å². The Labute approximate surface area is 154 Å². The number of benzene rings is 2. The fraction of sp³-hybridized carbons (Fsp3) is 0.111. The number of nitrogens with one attached hydrogen (secondary N) is 1. The molecule has 1 N–H and O–H groups in total. The van der Waals surface area contributed by atoms with Crippen molar-refractivity contribution in [2.24, 2.45) is 4.99 Å². The highest BCUT2D eigenvalue weighted by molar-refractivity contribution is 8.18. The number of aliphatic imine (C=N–C) groups is 1. The molecule has 1 aliphatic rings. The number of rotatable bonds is 4. The third-order valence-corrected chi connectivity index (χ3v) is 4.63. The van der Waals surface area contributed by atoms with E-state index in [9.17, 15) is 4.79 Å². The summed E-state index contributed by atoms with van der Waals surface area (Å²) in [6.45, 7) is 0. The molecule has 128 valence electrons. The van der Waals surface area contributed by atoms with Gasteiger partial charge in [0.2, 0.25) is 0 Å². The summed E-state index contributed by atoms with van der Waals surface area (Å²) in [4.78, 5) is 17.1. The van der Waals surface area contributed by atoms with Gasteiger partial charge in [-0.3, -0.25) is 4.79 Å². The summed E-state index contributed by atoms with van der Waals surface area (Å²) in [6.07, 6.45) is 1.76. The van der Waals surface area contributed by atoms with Gasteiger partial charge in [-0.2, -0.15) is 0 Å². The van der Waals surface area contributed by atoms with Gasteiger partial charge in [-0.15, -0.1) is 0 Å². The van der Waals surface area contributed by atoms with Crippen LogP contribution in [0.2, 0.25) is 5.02 Å². The van der Waals surface area contributed by atoms with Crippen LogP contribution in [-0.2, 0) is 4.79 Å². The van der Waals surface area contributed by atoms with Gasteiger partial charge >= 0.3 is 0 Å². The quantitative estimate of drug-likeness (QED) is 0.813. The summed E-state index contributed by atoms with van der Waals surface area (Å²) in [5.41, 5.74) is 1.41. The molecule has 1 aliphatic heterocycles. The lowest BCUT2D eigenvalue weighted by Gasteiger charge is -2.06. The number of nitrogens with zero attached hydrogens (tertiary/aromatic N) is 1. The minimum Gasteiger partial charge on any atom is -0.497 e. The molecule has 0 bridgehead atoms. The van der Waals surface area contributed by atoms with Crippen LogP contribution in [0.25, 0.3) is 6.08 Å². The van der Waals surface area contributed by atoms with Crippen LogP contribution >= 0.6 is 23.4 Å². The highest BCUT2D eigenvalue weighted by Crippen LogP contribution is 2.32. The Balaban J connectivity index is 1.88. The van der Waals surface area contributed by atoms with Crippen LogP contribution in [0, 0.1) is 0 Å². The second kappa shape index (κ2) is 7.63. The van der Waals surface area contributed by atoms with Crippen molar-refractivity contribution in [2.45, 2.75) is 0 Å². The van der Waals surface area contributed by atoms with Crippen LogP contribution in [0.3, 0.4) is 0 Å². The molecule has 5 nitrogen and oxygen atoms in total. The molecule has 2 aromatic carbocycles. The lowest BCUT2D eigenvalue weighted by Crippen LogP contribution is -2.19. The van der Waals surface area contributed by atoms with Crippen LogP contribution in [0.15, 0.2) is 52.4 Å². The summed E-state index contributed by atoms with van der Waals surface area (Å²) in [5, 5.41) is 3.75. The Hall–Kier alpha value is -2.44. The molecular formula is C18H15ClN2O3S. The SMILES string of the molecule is COc1cc(/C=C2\SC(=Nc3ccccc3Cl)NC2=O)cc(OC)c1. The molecule has 1 fully saturated rings. The molecule has 25 heavy (non-hydrogen) atoms. The largest absolute Gasteiger partial charge is 0.497 e. The fourth-order valence-electron chi connectivity index (χ4n) is 2.20. The lowest BCUT2D eigenvalue weighted by molar-refractivity contribution is -0.115. The van der Waals surface area contributed by atoms with Crippen LogP contribution < -0.4 is 14.8 Å². The van der Waals surface area contributed by atoms with E-state index in [1.54, 1.807) is 38.5 Å². The number of ether oxygens (including phenoxy) is 2. The first-order valence-electron chi connectivity index (χ1n) is 7.36. The van der Waals surface area contributed by atoms with Crippen molar-refractivity contribution in [2.75, 3.05) is 14.2 Å². The molecule has 1 heterocycles. The Bertz CT molecular complexity index is 858. The van der Waals surface area contributed by atoms with E-state index in [2.05, 4.69) is 10.3 Å². The van der Waals surface area contributed by atoms with Gasteiger partial charge in [-0.1, -0.05) is 23.7 Å². The molecule has 0 aliphatic carbocycles. The van der Waals surface area contributed by atoms with Crippen molar-refractivity contribution in [3.63, 3.8) is 0 Å². The molecule has 2 aromatic rings. The Morgan fingerprint density at radius 3 is 2.44 bits per heavy atom. The van der Waals surface area contributed by atoms with Crippen molar-refractivity contribution in [1.82, 2.24) is 5.32 Å². The van der Waals surface area contributed by atoms with Crippen molar-refractivity contribution in [3.8, 4) is 11.5 Å². The highest BCUT2D eigenvalue weighted by Gasteiger charge is 2.24. The van der Waals surface area contributed by atoms with Crippen molar-refractivity contribution < 1.29 is 14.3 Å². The first-order valence-corrected chi connectivity index (χ1v) is 8.55. The molecule has 0 atom stereocenters. The van der Waals surface area contributed by atoms with Gasteiger partial charge in [-0.05, 0) is 47.7 Å². The zero-order chi connectivity index (χ0) is 17.8. The molecule has 3 rings (SSSR count). The molecule has 0 aromatic heterocycles. The number of para-hydroxylation sites is 1. The van der Waals surface area contributed by atoms with Gasteiger partial charge < -0.3 is 14.8 Å². The number of hydrogen-bond acceptors (Lipinski definition) is 5. The molecule has 0 radical (unpaired) electrons. The maximum Gasteiger partial charge on any atom is 0.264 e. The summed E-state index contributed by atoms with van der Waals surface area (Å²) in [5.74, 6) is 1.09. The zero-order valence-corrected chi connectivity index (χ0v) is 15.1. The number of amides is 1. The maximum atomic E-state index is 12.2. The van der Waals surface area contributed by atoms with Gasteiger partial charge in [0, 0.05) is 6.07 Å². The number of amidine groups is 1. The minimum absolute atomic E-state index is 0.211. The first kappa shape index (κ1) is 17.4. The number of carbonyl (C=O) groups excluding carboxylic acids is 1. The van der Waals surface area contributed by atoms with Crippen LogP contribution in [0.1, 0.15) is 5.56 Å². The number of halogens is 1. The van der Waals surface area contributed by atoms with Gasteiger partial charge in [0.05, 0.1) is 29.8 Å². The maximum absolute atomic E-state index is 12.2. The third-order valence-electron chi connectivity index (χ3n) is 3.40. The number of thioether (sulfide) groups is 1. The Morgan fingerprint density at radius 1 is 1.12 bits per heavy atom. The van der Waals surface area contributed by atoms with E-state index < -0.39 is 0 Å². The summed E-state index contributed by atoms with van der Waals surface area (Å²) >= 11 is 7.35. The fourth-order valence-corrected chi connectivity index (χ4v) is 3.21. The molecule has 1 saturated heterocycles. The van der Waals surface area contributed by atoms with E-state index in [-0.39, 0.29) is 5.91 Å². The average Bonchev–Trinajstić information content (AvgIpc) is 2.95. The van der Waals surface area contributed by atoms with Gasteiger partial charge in [-0.25, -0.2) is 4.99 Å². The number of carbonyl (C=O) groups is 1. The first-order chi connectivity index (χ1) is 12.1. The molecule has 1 amide bonds. The van der Waals surface area contributed by atoms with Crippen molar-refractivity contribution in [1.29, 1.82) is 0 Å². The predicted molar refractivity (Wildman–Crippen MR) is 102 cm³/mol. The monoisotopic (exact) mass is 374 g/mol. The molecular weight excluding hydrogens is 360 g/mol. The highest BCUT2D eigenvalue weighted by atomic mass is 35.5. The minimum atomic E-state index is -0.211. The number of hydrogen-bond donors (Lipinski definition) is 1. The molecule has 0 unspecified atom stereocenters. The zero-order valence-electron chi connectivity index (χ0n) is 13.6. The smallest absolute Gasteiger partial charge is 0.264 e. The molecule has 0 saturated carbocycles. The second-order valence-corrected chi connectivity index (χ2v) is 6.52. The summed E-state index contributed by atoms with van der Waals surface area (Å²) in [7, 11) is 3.16. The standard InChI is InChI=1S/C18H15ClN2O3S/c1-23-12-7-11(8-13(10-12)24-2)9-16-17(22)21-18(25-16)20-15-6-4-3-5-14(15)19/h3-10H,1-2H3,(H,20,21,22)/b16-9-. The predicted octanol–water partition coefficient (Wildman–Crippen LogP) is 4.25. The second-order valence-electron chi connectivity index (χ2n) is 5.08. The van der Waals surface area contributed by atoms with Crippen molar-refractivity contribution >= 4 is 46.2 Å². The molecule has 7 heteroatoms. The average molecular weight is 375 g/mol. The number of methoxy groups -OCH3 is 2. The van der Waals surface area contributed by atoms with Crippen LogP contribution in [0.4, 0.5) is 5.69 Å². The molecule has 0 spiro atoms. The summed E-state index contributed by atoms with van der Waals surface area (Å²) in [6, 6.07) is 12.6. The van der Waals surface area contributed by atoms with E-state index in [1.165, 1.54) is 11.8 Å². The van der Waals surface area contributed by atoms with Gasteiger partial charge in [0.1, 0.15) is 11.5 Å². The Kier molecular flexibility index (Phi) is 5.31. The third kappa shape index (κ3) is 4.15. The van der Waals surface area contributed by atoms with Gasteiger partial charge in [0.15, 0.2) is 5.17 Å². The van der Waals surface area contributed by atoms with Crippen molar-refractivity contribution in [3.05, 3.63) is 58.0 Å². The normalized spacial score (nSPS) is 17.0. The van der Waals surface area contributed by atoms with E-state index in [0.29, 0.717) is 32.3 Å². The van der Waals surface area contributed by atoms with Crippen LogP contribution in [0.5, 0.6) is 11.5 Å². The van der Waals surface area contributed by atoms with Gasteiger partial charge in [0.25, 0.3) is 5.91 Å².